The van der Waals surface area contributed by atoms with Crippen LogP contribution in [0.5, 0.6) is 11.5 Å². The molecule has 0 aliphatic heterocycles. The van der Waals surface area contributed by atoms with Crippen LogP contribution < -0.4 is 10.5 Å². The van der Waals surface area contributed by atoms with Gasteiger partial charge in [-0.1, -0.05) is 32.0 Å². The molecule has 0 fully saturated rings. The minimum Gasteiger partial charge on any atom is -0.457 e. The second-order valence-electron chi connectivity index (χ2n) is 5.27. The molecule has 0 saturated heterocycles. The number of benzene rings is 2. The molecule has 0 radical (unpaired) electrons. The molecule has 106 valence electrons. The molecule has 2 rings (SSSR count). The lowest BCUT2D eigenvalue weighted by molar-refractivity contribution is 0.461. The molecule has 0 bridgehead atoms. The summed E-state index contributed by atoms with van der Waals surface area (Å²) in [6, 6.07) is 12.0. The fraction of sp³-hybridized carbons (Fsp3) is 0.294. The number of hydrogen-bond acceptors (Lipinski definition) is 2. The van der Waals surface area contributed by atoms with Crippen LogP contribution in [0.1, 0.15) is 43.9 Å². The van der Waals surface area contributed by atoms with E-state index in [0.717, 1.165) is 11.3 Å². The lowest BCUT2D eigenvalue weighted by atomic mass is 10.0. The Morgan fingerprint density at radius 2 is 1.60 bits per heavy atom. The van der Waals surface area contributed by atoms with Crippen LogP contribution in [-0.2, 0) is 0 Å². The van der Waals surface area contributed by atoms with Gasteiger partial charge < -0.3 is 10.5 Å². The van der Waals surface area contributed by atoms with Crippen LogP contribution in [0.2, 0.25) is 0 Å². The first-order chi connectivity index (χ1) is 9.49. The molecular weight excluding hydrogens is 253 g/mol. The molecule has 3 heteroatoms. The van der Waals surface area contributed by atoms with E-state index in [2.05, 4.69) is 13.8 Å². The zero-order valence-electron chi connectivity index (χ0n) is 12.1. The molecule has 1 atom stereocenters. The van der Waals surface area contributed by atoms with E-state index < -0.39 is 0 Å². The van der Waals surface area contributed by atoms with Crippen molar-refractivity contribution in [2.45, 2.75) is 32.7 Å². The summed E-state index contributed by atoms with van der Waals surface area (Å²) in [5.41, 5.74) is 7.68. The highest BCUT2D eigenvalue weighted by Crippen LogP contribution is 2.33. The van der Waals surface area contributed by atoms with E-state index in [-0.39, 0.29) is 11.9 Å². The maximum absolute atomic E-state index is 13.3. The molecule has 0 spiro atoms. The normalized spacial score (nSPS) is 12.5. The zero-order chi connectivity index (χ0) is 14.7. The highest BCUT2D eigenvalue weighted by atomic mass is 19.1. The van der Waals surface area contributed by atoms with Gasteiger partial charge in [0.15, 0.2) is 0 Å². The van der Waals surface area contributed by atoms with Gasteiger partial charge in [-0.3, -0.25) is 0 Å². The van der Waals surface area contributed by atoms with Gasteiger partial charge in [0, 0.05) is 11.6 Å². The van der Waals surface area contributed by atoms with Crippen molar-refractivity contribution in [2.24, 2.45) is 5.73 Å². The van der Waals surface area contributed by atoms with Crippen LogP contribution in [0.25, 0.3) is 0 Å². The van der Waals surface area contributed by atoms with Crippen molar-refractivity contribution >= 4 is 0 Å². The molecule has 0 aromatic heterocycles. The Morgan fingerprint density at radius 1 is 0.950 bits per heavy atom. The van der Waals surface area contributed by atoms with Gasteiger partial charge in [-0.25, -0.2) is 4.39 Å². The van der Waals surface area contributed by atoms with Crippen LogP contribution in [-0.4, -0.2) is 0 Å². The van der Waals surface area contributed by atoms with E-state index in [4.69, 9.17) is 10.5 Å². The Hall–Kier alpha value is -1.87. The van der Waals surface area contributed by atoms with E-state index in [1.54, 1.807) is 6.07 Å². The van der Waals surface area contributed by atoms with Crippen LogP contribution >= 0.6 is 0 Å². The third-order valence-corrected chi connectivity index (χ3v) is 3.22. The lowest BCUT2D eigenvalue weighted by Crippen LogP contribution is -2.07. The third-order valence-electron chi connectivity index (χ3n) is 3.22. The summed E-state index contributed by atoms with van der Waals surface area (Å²) < 4.78 is 19.3. The smallest absolute Gasteiger partial charge is 0.132 e. The third kappa shape index (κ3) is 3.17. The Kier molecular flexibility index (Phi) is 4.40. The largest absolute Gasteiger partial charge is 0.457 e. The molecule has 0 unspecified atom stereocenters. The number of rotatable bonds is 4. The Balaban J connectivity index is 2.40. The van der Waals surface area contributed by atoms with Crippen molar-refractivity contribution in [3.8, 4) is 11.5 Å². The predicted molar refractivity (Wildman–Crippen MR) is 79.6 cm³/mol. The van der Waals surface area contributed by atoms with Crippen LogP contribution in [0.15, 0.2) is 42.5 Å². The molecule has 2 N–H and O–H groups in total. The molecule has 0 heterocycles. The number of halogens is 1. The maximum Gasteiger partial charge on any atom is 0.132 e. The number of ether oxygens (including phenoxy) is 1. The summed E-state index contributed by atoms with van der Waals surface area (Å²) in [4.78, 5) is 0. The van der Waals surface area contributed by atoms with E-state index in [1.165, 1.54) is 12.1 Å². The molecule has 2 aromatic rings. The summed E-state index contributed by atoms with van der Waals surface area (Å²) in [7, 11) is 0. The van der Waals surface area contributed by atoms with Gasteiger partial charge in [-0.2, -0.15) is 0 Å². The van der Waals surface area contributed by atoms with Gasteiger partial charge in [-0.15, -0.1) is 0 Å². The first-order valence-electron chi connectivity index (χ1n) is 6.81. The molecule has 2 aromatic carbocycles. The van der Waals surface area contributed by atoms with Crippen LogP contribution in [0, 0.1) is 5.82 Å². The maximum atomic E-state index is 13.3. The molecule has 0 amide bonds. The number of para-hydroxylation sites is 1. The minimum absolute atomic E-state index is 0.285. The summed E-state index contributed by atoms with van der Waals surface area (Å²) >= 11 is 0. The van der Waals surface area contributed by atoms with Gasteiger partial charge in [0.1, 0.15) is 17.3 Å². The molecule has 0 saturated carbocycles. The average Bonchev–Trinajstić information content (AvgIpc) is 2.41. The lowest BCUT2D eigenvalue weighted by Gasteiger charge is -2.17. The predicted octanol–water partition coefficient (Wildman–Crippen LogP) is 4.76. The van der Waals surface area contributed by atoms with Crippen molar-refractivity contribution in [3.63, 3.8) is 0 Å². The van der Waals surface area contributed by atoms with Crippen molar-refractivity contribution in [3.05, 3.63) is 59.4 Å². The first-order valence-corrected chi connectivity index (χ1v) is 6.81. The summed E-state index contributed by atoms with van der Waals surface area (Å²) in [6.45, 7) is 6.04. The van der Waals surface area contributed by atoms with Crippen molar-refractivity contribution in [2.75, 3.05) is 0 Å². The van der Waals surface area contributed by atoms with Crippen LogP contribution in [0.4, 0.5) is 4.39 Å². The molecule has 0 aliphatic carbocycles. The van der Waals surface area contributed by atoms with Crippen molar-refractivity contribution < 1.29 is 9.13 Å². The van der Waals surface area contributed by atoms with E-state index in [0.29, 0.717) is 17.2 Å². The van der Waals surface area contributed by atoms with Gasteiger partial charge >= 0.3 is 0 Å². The minimum atomic E-state index is -0.304. The van der Waals surface area contributed by atoms with E-state index >= 15 is 0 Å². The summed E-state index contributed by atoms with van der Waals surface area (Å²) in [6.07, 6.45) is 0. The second kappa shape index (κ2) is 6.06. The van der Waals surface area contributed by atoms with Gasteiger partial charge in [0.05, 0.1) is 0 Å². The van der Waals surface area contributed by atoms with Gasteiger partial charge in [0.2, 0.25) is 0 Å². The van der Waals surface area contributed by atoms with Gasteiger partial charge in [0.25, 0.3) is 0 Å². The van der Waals surface area contributed by atoms with E-state index in [9.17, 15) is 4.39 Å². The van der Waals surface area contributed by atoms with E-state index in [1.807, 2.05) is 31.2 Å². The Morgan fingerprint density at radius 3 is 2.25 bits per heavy atom. The Labute approximate surface area is 119 Å². The highest BCUT2D eigenvalue weighted by molar-refractivity contribution is 5.43. The van der Waals surface area contributed by atoms with Gasteiger partial charge in [-0.05, 0) is 42.7 Å². The molecular formula is C17H20FNO. The zero-order valence-corrected chi connectivity index (χ0v) is 12.1. The van der Waals surface area contributed by atoms with Crippen molar-refractivity contribution in [1.82, 2.24) is 0 Å². The topological polar surface area (TPSA) is 35.2 Å². The quantitative estimate of drug-likeness (QED) is 0.871. The summed E-state index contributed by atoms with van der Waals surface area (Å²) in [5.74, 6) is 1.44. The molecule has 2 nitrogen and oxygen atoms in total. The average molecular weight is 273 g/mol. The van der Waals surface area contributed by atoms with Crippen molar-refractivity contribution in [1.29, 1.82) is 0 Å². The first kappa shape index (κ1) is 14.5. The molecule has 20 heavy (non-hydrogen) atoms. The number of nitrogens with two attached hydrogens (primary N) is 1. The second-order valence-corrected chi connectivity index (χ2v) is 5.27. The monoisotopic (exact) mass is 273 g/mol. The highest BCUT2D eigenvalue weighted by Gasteiger charge is 2.13. The fourth-order valence-electron chi connectivity index (χ4n) is 2.14. The summed E-state index contributed by atoms with van der Waals surface area (Å²) in [5, 5.41) is 0. The standard InChI is InChI=1S/C17H20FNO/c1-11(2)14-6-4-5-7-16(14)20-17-9-8-13(18)10-15(17)12(3)19/h4-12H,19H2,1-3H3/t12-/m0/s1. The number of hydrogen-bond donors (Lipinski definition) is 1. The fourth-order valence-corrected chi connectivity index (χ4v) is 2.14. The SMILES string of the molecule is CC(C)c1ccccc1Oc1ccc(F)cc1[C@H](C)N. The Bertz CT molecular complexity index is 593. The molecule has 0 aliphatic rings. The van der Waals surface area contributed by atoms with Crippen LogP contribution in [0.3, 0.4) is 0 Å².